The van der Waals surface area contributed by atoms with Crippen LogP contribution in [0.1, 0.15) is 0 Å². The number of halogens is 1. The molecule has 0 unspecified atom stereocenters. The zero-order valence-electron chi connectivity index (χ0n) is 6.04. The van der Waals surface area contributed by atoms with Crippen LogP contribution in [0.2, 0.25) is 0 Å². The minimum Gasteiger partial charge on any atom is -0.343 e. The van der Waals surface area contributed by atoms with Gasteiger partial charge in [0.15, 0.2) is 0 Å². The molecule has 0 aliphatic carbocycles. The molecular weight excluding hydrogens is 175 g/mol. The fraction of sp³-hybridized carbons (Fsp3) is 0. The van der Waals surface area contributed by atoms with E-state index in [0.29, 0.717) is 15.5 Å². The minimum absolute atomic E-state index is 0.305. The Morgan fingerprint density at radius 3 is 3.00 bits per heavy atom. The Hall–Kier alpha value is -1.29. The van der Waals surface area contributed by atoms with Crippen molar-refractivity contribution in [3.05, 3.63) is 35.0 Å². The van der Waals surface area contributed by atoms with E-state index in [2.05, 4.69) is 9.97 Å². The Morgan fingerprint density at radius 1 is 1.42 bits per heavy atom. The molecule has 2 aromatic rings. The summed E-state index contributed by atoms with van der Waals surface area (Å²) in [6.45, 7) is 0. The molecule has 12 heavy (non-hydrogen) atoms. The van der Waals surface area contributed by atoms with Gasteiger partial charge in [-0.3, -0.25) is 0 Å². The zero-order valence-corrected chi connectivity index (χ0v) is 6.86. The molecule has 60 valence electrons. The summed E-state index contributed by atoms with van der Waals surface area (Å²) >= 11 is 4.92. The largest absolute Gasteiger partial charge is 0.343 e. The number of rotatable bonds is 0. The molecule has 2 rings (SSSR count). The third-order valence-electron chi connectivity index (χ3n) is 1.63. The van der Waals surface area contributed by atoms with E-state index in [1.54, 1.807) is 12.1 Å². The third kappa shape index (κ3) is 1.00. The fourth-order valence-corrected chi connectivity index (χ4v) is 1.30. The number of para-hydroxylation sites is 1. The van der Waals surface area contributed by atoms with Gasteiger partial charge in [-0.15, -0.1) is 0 Å². The highest BCUT2D eigenvalue weighted by Crippen LogP contribution is 2.13. The van der Waals surface area contributed by atoms with Crippen LogP contribution < -0.4 is 0 Å². The molecule has 4 heteroatoms. The van der Waals surface area contributed by atoms with E-state index in [9.17, 15) is 4.39 Å². The second-order valence-corrected chi connectivity index (χ2v) is 2.76. The van der Waals surface area contributed by atoms with Crippen molar-refractivity contribution in [3.8, 4) is 0 Å². The Balaban J connectivity index is 3.05. The second-order valence-electron chi connectivity index (χ2n) is 2.37. The second kappa shape index (κ2) is 2.64. The number of fused-ring (bicyclic) bond motifs is 1. The molecule has 1 aromatic heterocycles. The molecular formula is C8H5FN2S. The Labute approximate surface area is 73.1 Å². The number of aromatic amines is 1. The van der Waals surface area contributed by atoms with E-state index in [4.69, 9.17) is 12.2 Å². The van der Waals surface area contributed by atoms with Crippen LogP contribution in [-0.4, -0.2) is 9.97 Å². The van der Waals surface area contributed by atoms with E-state index in [0.717, 1.165) is 0 Å². The standard InChI is InChI=1S/C8H5FN2S/c9-6-3-1-2-5-7(6)10-4-11-8(5)12/h1-4H,(H,10,11,12). The van der Waals surface area contributed by atoms with Gasteiger partial charge < -0.3 is 4.98 Å². The Morgan fingerprint density at radius 2 is 2.25 bits per heavy atom. The fourth-order valence-electron chi connectivity index (χ4n) is 1.07. The summed E-state index contributed by atoms with van der Waals surface area (Å²) in [7, 11) is 0. The molecule has 2 nitrogen and oxygen atoms in total. The average molecular weight is 180 g/mol. The van der Waals surface area contributed by atoms with Gasteiger partial charge in [-0.2, -0.15) is 0 Å². The summed E-state index contributed by atoms with van der Waals surface area (Å²) in [5.41, 5.74) is 0.414. The van der Waals surface area contributed by atoms with Crippen LogP contribution in [0.25, 0.3) is 10.9 Å². The number of hydrogen-bond acceptors (Lipinski definition) is 2. The van der Waals surface area contributed by atoms with Crippen molar-refractivity contribution in [2.75, 3.05) is 0 Å². The summed E-state index contributed by atoms with van der Waals surface area (Å²) in [4.78, 5) is 6.55. The summed E-state index contributed by atoms with van der Waals surface area (Å²) in [5, 5.41) is 0.646. The van der Waals surface area contributed by atoms with Crippen LogP contribution in [0.3, 0.4) is 0 Å². The summed E-state index contributed by atoms with van der Waals surface area (Å²) in [6.07, 6.45) is 1.40. The first-order valence-electron chi connectivity index (χ1n) is 3.41. The molecule has 1 heterocycles. The van der Waals surface area contributed by atoms with Crippen molar-refractivity contribution in [3.63, 3.8) is 0 Å². The monoisotopic (exact) mass is 180 g/mol. The first-order chi connectivity index (χ1) is 5.79. The molecule has 0 fully saturated rings. The van der Waals surface area contributed by atoms with Gasteiger partial charge in [-0.05, 0) is 12.1 Å². The van der Waals surface area contributed by atoms with Crippen molar-refractivity contribution in [1.82, 2.24) is 9.97 Å². The molecule has 0 radical (unpaired) electrons. The van der Waals surface area contributed by atoms with Gasteiger partial charge in [0.25, 0.3) is 0 Å². The van der Waals surface area contributed by atoms with Gasteiger partial charge in [0.2, 0.25) is 0 Å². The lowest BCUT2D eigenvalue weighted by Gasteiger charge is -1.96. The Bertz CT molecular complexity index is 478. The van der Waals surface area contributed by atoms with Gasteiger partial charge in [0.1, 0.15) is 10.5 Å². The number of H-pyrrole nitrogens is 1. The summed E-state index contributed by atoms with van der Waals surface area (Å²) < 4.78 is 13.5. The third-order valence-corrected chi connectivity index (χ3v) is 1.96. The highest BCUT2D eigenvalue weighted by Gasteiger charge is 1.99. The smallest absolute Gasteiger partial charge is 0.147 e. The number of nitrogens with zero attached hydrogens (tertiary/aromatic N) is 1. The molecule has 0 amide bonds. The lowest BCUT2D eigenvalue weighted by Crippen LogP contribution is -1.86. The van der Waals surface area contributed by atoms with Gasteiger partial charge >= 0.3 is 0 Å². The maximum absolute atomic E-state index is 13.1. The maximum atomic E-state index is 13.1. The normalized spacial score (nSPS) is 10.4. The predicted molar refractivity (Wildman–Crippen MR) is 46.9 cm³/mol. The average Bonchev–Trinajstić information content (AvgIpc) is 2.07. The van der Waals surface area contributed by atoms with Crippen LogP contribution in [-0.2, 0) is 0 Å². The molecule has 1 aromatic carbocycles. The van der Waals surface area contributed by atoms with E-state index in [1.165, 1.54) is 12.4 Å². The van der Waals surface area contributed by atoms with Crippen molar-refractivity contribution < 1.29 is 4.39 Å². The van der Waals surface area contributed by atoms with Crippen LogP contribution in [0.5, 0.6) is 0 Å². The lowest BCUT2D eigenvalue weighted by atomic mass is 10.2. The Kier molecular flexibility index (Phi) is 1.62. The predicted octanol–water partition coefficient (Wildman–Crippen LogP) is 2.43. The van der Waals surface area contributed by atoms with Crippen LogP contribution >= 0.6 is 12.2 Å². The van der Waals surface area contributed by atoms with E-state index in [-0.39, 0.29) is 5.82 Å². The van der Waals surface area contributed by atoms with Crippen LogP contribution in [0.15, 0.2) is 24.5 Å². The van der Waals surface area contributed by atoms with Crippen LogP contribution in [0, 0.1) is 10.5 Å². The van der Waals surface area contributed by atoms with Crippen molar-refractivity contribution >= 4 is 23.1 Å². The topological polar surface area (TPSA) is 28.7 Å². The van der Waals surface area contributed by atoms with Gasteiger partial charge in [-0.1, -0.05) is 18.3 Å². The summed E-state index contributed by atoms with van der Waals surface area (Å²) in [6, 6.07) is 4.74. The van der Waals surface area contributed by atoms with Gasteiger partial charge in [0.05, 0.1) is 11.8 Å². The van der Waals surface area contributed by atoms with E-state index < -0.39 is 0 Å². The molecule has 0 aliphatic heterocycles. The summed E-state index contributed by atoms with van der Waals surface area (Å²) in [5.74, 6) is -0.305. The molecule has 0 atom stereocenters. The van der Waals surface area contributed by atoms with Crippen molar-refractivity contribution in [2.45, 2.75) is 0 Å². The first-order valence-corrected chi connectivity index (χ1v) is 3.82. The van der Waals surface area contributed by atoms with Crippen molar-refractivity contribution in [2.24, 2.45) is 0 Å². The molecule has 0 saturated carbocycles. The van der Waals surface area contributed by atoms with Crippen LogP contribution in [0.4, 0.5) is 4.39 Å². The molecule has 0 aliphatic rings. The van der Waals surface area contributed by atoms with Gasteiger partial charge in [0, 0.05) is 5.39 Å². The number of hydrogen-bond donors (Lipinski definition) is 1. The highest BCUT2D eigenvalue weighted by atomic mass is 32.1. The van der Waals surface area contributed by atoms with Gasteiger partial charge in [-0.25, -0.2) is 9.37 Å². The number of benzene rings is 1. The quantitative estimate of drug-likeness (QED) is 0.631. The maximum Gasteiger partial charge on any atom is 0.147 e. The molecule has 0 spiro atoms. The van der Waals surface area contributed by atoms with Crippen molar-refractivity contribution in [1.29, 1.82) is 0 Å². The first kappa shape index (κ1) is 7.36. The lowest BCUT2D eigenvalue weighted by molar-refractivity contribution is 0.636. The minimum atomic E-state index is -0.305. The van der Waals surface area contributed by atoms with E-state index >= 15 is 0 Å². The molecule has 0 bridgehead atoms. The number of aromatic nitrogens is 2. The SMILES string of the molecule is Fc1cccc2c(=S)nc[nH]c12. The number of nitrogens with one attached hydrogen (secondary N) is 1. The molecule has 0 saturated heterocycles. The molecule has 1 N–H and O–H groups in total. The highest BCUT2D eigenvalue weighted by molar-refractivity contribution is 7.71. The van der Waals surface area contributed by atoms with E-state index in [1.807, 2.05) is 0 Å². The zero-order chi connectivity index (χ0) is 8.55.